The van der Waals surface area contributed by atoms with E-state index in [0.29, 0.717) is 0 Å². The molecule has 1 atom stereocenters. The van der Waals surface area contributed by atoms with Crippen molar-refractivity contribution < 1.29 is 14.7 Å². The topological polar surface area (TPSA) is 79.3 Å². The molecule has 0 aliphatic rings. The number of anilines is 1. The van der Waals surface area contributed by atoms with Crippen LogP contribution in [0.1, 0.15) is 37.0 Å². The lowest BCUT2D eigenvalue weighted by Crippen LogP contribution is -2.21. The first-order chi connectivity index (χ1) is 8.06. The number of nitrogens with one attached hydrogen (secondary N) is 1. The Morgan fingerprint density at radius 1 is 1.53 bits per heavy atom. The molecule has 1 aromatic heterocycles. The number of hydrogen-bond acceptors (Lipinski definition) is 3. The summed E-state index contributed by atoms with van der Waals surface area (Å²) in [5.74, 6) is -1.39. The standard InChI is InChI=1S/C12H16N2O3/c1-3-4-8(2)11(15)14-10-7-13-6-5-9(10)12(16)17/h5-8H,3-4H2,1-2H3,(H,14,15)(H,16,17). The number of aromatic carboxylic acids is 1. The number of hydrogen-bond donors (Lipinski definition) is 2. The fourth-order valence-electron chi connectivity index (χ4n) is 1.50. The summed E-state index contributed by atoms with van der Waals surface area (Å²) < 4.78 is 0. The Bertz CT molecular complexity index is 418. The summed E-state index contributed by atoms with van der Waals surface area (Å²) in [6.07, 6.45) is 4.41. The van der Waals surface area contributed by atoms with Gasteiger partial charge in [0.1, 0.15) is 0 Å². The van der Waals surface area contributed by atoms with Gasteiger partial charge in [0, 0.05) is 12.1 Å². The molecule has 0 saturated heterocycles. The third-order valence-electron chi connectivity index (χ3n) is 2.48. The summed E-state index contributed by atoms with van der Waals surface area (Å²) in [4.78, 5) is 26.5. The van der Waals surface area contributed by atoms with Crippen LogP contribution in [0.25, 0.3) is 0 Å². The molecule has 0 aliphatic heterocycles. The van der Waals surface area contributed by atoms with Crippen molar-refractivity contribution in [3.05, 3.63) is 24.0 Å². The molecule has 2 N–H and O–H groups in total. The Kier molecular flexibility index (Phi) is 4.63. The van der Waals surface area contributed by atoms with Crippen molar-refractivity contribution in [2.45, 2.75) is 26.7 Å². The number of pyridine rings is 1. The maximum absolute atomic E-state index is 11.7. The van der Waals surface area contributed by atoms with Crippen LogP contribution in [0.15, 0.2) is 18.5 Å². The van der Waals surface area contributed by atoms with E-state index in [4.69, 9.17) is 5.11 Å². The maximum Gasteiger partial charge on any atom is 0.337 e. The highest BCUT2D eigenvalue weighted by Crippen LogP contribution is 2.15. The first-order valence-electron chi connectivity index (χ1n) is 5.54. The molecule has 1 amide bonds. The van der Waals surface area contributed by atoms with Gasteiger partial charge < -0.3 is 10.4 Å². The molecular weight excluding hydrogens is 220 g/mol. The van der Waals surface area contributed by atoms with E-state index in [2.05, 4.69) is 10.3 Å². The molecule has 0 radical (unpaired) electrons. The fourth-order valence-corrected chi connectivity index (χ4v) is 1.50. The molecule has 1 unspecified atom stereocenters. The number of rotatable bonds is 5. The van der Waals surface area contributed by atoms with Crippen LogP contribution in [-0.2, 0) is 4.79 Å². The van der Waals surface area contributed by atoms with Gasteiger partial charge in [-0.2, -0.15) is 0 Å². The molecule has 0 bridgehead atoms. The molecule has 1 rings (SSSR count). The van der Waals surface area contributed by atoms with E-state index in [1.807, 2.05) is 13.8 Å². The molecule has 0 spiro atoms. The van der Waals surface area contributed by atoms with Gasteiger partial charge >= 0.3 is 5.97 Å². The molecule has 17 heavy (non-hydrogen) atoms. The highest BCUT2D eigenvalue weighted by molar-refractivity contribution is 6.00. The smallest absolute Gasteiger partial charge is 0.337 e. The van der Waals surface area contributed by atoms with Gasteiger partial charge in [0.05, 0.1) is 17.4 Å². The van der Waals surface area contributed by atoms with Crippen molar-refractivity contribution in [2.24, 2.45) is 5.92 Å². The Morgan fingerprint density at radius 3 is 2.82 bits per heavy atom. The van der Waals surface area contributed by atoms with Crippen molar-refractivity contribution in [3.63, 3.8) is 0 Å². The number of carbonyl (C=O) groups is 2. The van der Waals surface area contributed by atoms with E-state index in [1.54, 1.807) is 0 Å². The van der Waals surface area contributed by atoms with E-state index in [1.165, 1.54) is 18.5 Å². The summed E-state index contributed by atoms with van der Waals surface area (Å²) in [6, 6.07) is 1.36. The number of carboxylic acid groups (broad SMARTS) is 1. The number of amides is 1. The van der Waals surface area contributed by atoms with Gasteiger partial charge in [0.25, 0.3) is 0 Å². The Hall–Kier alpha value is -1.91. The third kappa shape index (κ3) is 3.55. The van der Waals surface area contributed by atoms with E-state index < -0.39 is 5.97 Å². The van der Waals surface area contributed by atoms with Gasteiger partial charge in [-0.05, 0) is 12.5 Å². The number of aromatic nitrogens is 1. The van der Waals surface area contributed by atoms with E-state index in [0.717, 1.165) is 12.8 Å². The summed E-state index contributed by atoms with van der Waals surface area (Å²) in [5.41, 5.74) is 0.296. The van der Waals surface area contributed by atoms with Gasteiger partial charge in [-0.3, -0.25) is 9.78 Å². The summed E-state index contributed by atoms with van der Waals surface area (Å²) in [7, 11) is 0. The number of carboxylic acids is 1. The zero-order chi connectivity index (χ0) is 12.8. The molecule has 0 fully saturated rings. The van der Waals surface area contributed by atoms with Gasteiger partial charge in [-0.25, -0.2) is 4.79 Å². The number of nitrogens with zero attached hydrogens (tertiary/aromatic N) is 1. The van der Waals surface area contributed by atoms with Crippen molar-refractivity contribution in [1.82, 2.24) is 4.98 Å². The minimum absolute atomic E-state index is 0.0528. The Morgan fingerprint density at radius 2 is 2.24 bits per heavy atom. The molecule has 1 heterocycles. The van der Waals surface area contributed by atoms with Crippen LogP contribution in [0.3, 0.4) is 0 Å². The quantitative estimate of drug-likeness (QED) is 0.821. The highest BCUT2D eigenvalue weighted by Gasteiger charge is 2.16. The zero-order valence-electron chi connectivity index (χ0n) is 9.93. The van der Waals surface area contributed by atoms with Crippen LogP contribution in [0, 0.1) is 5.92 Å². The molecule has 0 aliphatic carbocycles. The lowest BCUT2D eigenvalue weighted by Gasteiger charge is -2.12. The molecule has 92 valence electrons. The van der Waals surface area contributed by atoms with Crippen molar-refractivity contribution in [1.29, 1.82) is 0 Å². The van der Waals surface area contributed by atoms with Crippen LogP contribution < -0.4 is 5.32 Å². The summed E-state index contributed by atoms with van der Waals surface area (Å²) >= 11 is 0. The van der Waals surface area contributed by atoms with Crippen molar-refractivity contribution in [2.75, 3.05) is 5.32 Å². The first kappa shape index (κ1) is 13.2. The van der Waals surface area contributed by atoms with Crippen LogP contribution in [0.4, 0.5) is 5.69 Å². The van der Waals surface area contributed by atoms with Crippen molar-refractivity contribution >= 4 is 17.6 Å². The van der Waals surface area contributed by atoms with Crippen LogP contribution in [0.2, 0.25) is 0 Å². The SMILES string of the molecule is CCCC(C)C(=O)Nc1cnccc1C(=O)O. The number of carbonyl (C=O) groups excluding carboxylic acids is 1. The predicted molar refractivity (Wildman–Crippen MR) is 63.9 cm³/mol. The van der Waals surface area contributed by atoms with Crippen LogP contribution in [0.5, 0.6) is 0 Å². The fraction of sp³-hybridized carbons (Fsp3) is 0.417. The van der Waals surface area contributed by atoms with Crippen LogP contribution >= 0.6 is 0 Å². The van der Waals surface area contributed by atoms with Crippen molar-refractivity contribution in [3.8, 4) is 0 Å². The van der Waals surface area contributed by atoms with Gasteiger partial charge in [-0.15, -0.1) is 0 Å². The predicted octanol–water partition coefficient (Wildman–Crippen LogP) is 2.15. The van der Waals surface area contributed by atoms with E-state index >= 15 is 0 Å². The average molecular weight is 236 g/mol. The Labute approximate surface area is 99.9 Å². The third-order valence-corrected chi connectivity index (χ3v) is 2.48. The molecule has 5 heteroatoms. The second kappa shape index (κ2) is 5.98. The monoisotopic (exact) mass is 236 g/mol. The lowest BCUT2D eigenvalue weighted by molar-refractivity contribution is -0.119. The molecule has 1 aromatic rings. The minimum Gasteiger partial charge on any atom is -0.478 e. The highest BCUT2D eigenvalue weighted by atomic mass is 16.4. The first-order valence-corrected chi connectivity index (χ1v) is 5.54. The van der Waals surface area contributed by atoms with Gasteiger partial charge in [0.15, 0.2) is 0 Å². The largest absolute Gasteiger partial charge is 0.478 e. The van der Waals surface area contributed by atoms with Gasteiger partial charge in [-0.1, -0.05) is 20.3 Å². The van der Waals surface area contributed by atoms with E-state index in [-0.39, 0.29) is 23.1 Å². The molecular formula is C12H16N2O3. The second-order valence-corrected chi connectivity index (χ2v) is 3.91. The van der Waals surface area contributed by atoms with Crippen LogP contribution in [-0.4, -0.2) is 22.0 Å². The normalized spacial score (nSPS) is 11.9. The average Bonchev–Trinajstić information content (AvgIpc) is 2.29. The molecule has 0 saturated carbocycles. The minimum atomic E-state index is -1.08. The summed E-state index contributed by atoms with van der Waals surface area (Å²) in [5, 5.41) is 11.5. The Balaban J connectivity index is 2.81. The van der Waals surface area contributed by atoms with Gasteiger partial charge in [0.2, 0.25) is 5.91 Å². The summed E-state index contributed by atoms with van der Waals surface area (Å²) in [6.45, 7) is 3.81. The zero-order valence-corrected chi connectivity index (χ0v) is 9.93. The second-order valence-electron chi connectivity index (χ2n) is 3.91. The maximum atomic E-state index is 11.7. The van der Waals surface area contributed by atoms with E-state index in [9.17, 15) is 9.59 Å². The molecule has 0 aromatic carbocycles. The molecule has 5 nitrogen and oxygen atoms in total. The lowest BCUT2D eigenvalue weighted by atomic mass is 10.1.